The fraction of sp³-hybridized carbons (Fsp3) is 1.00. The van der Waals surface area contributed by atoms with E-state index in [1.807, 2.05) is 0 Å². The van der Waals surface area contributed by atoms with Crippen LogP contribution in [0.15, 0.2) is 0 Å². The van der Waals surface area contributed by atoms with Gasteiger partial charge in [-0.3, -0.25) is 0 Å². The molecule has 0 radical (unpaired) electrons. The molecule has 26 valence electrons. The summed E-state index contributed by atoms with van der Waals surface area (Å²) in [5, 5.41) is 0. The van der Waals surface area contributed by atoms with Crippen LogP contribution in [0.2, 0.25) is 0 Å². The summed E-state index contributed by atoms with van der Waals surface area (Å²) in [7, 11) is 9.95. The van der Waals surface area contributed by atoms with Crippen molar-refractivity contribution in [1.29, 1.82) is 0 Å². The van der Waals surface area contributed by atoms with Crippen molar-refractivity contribution in [2.24, 2.45) is 0 Å². The molecule has 0 N–H and O–H groups in total. The molecule has 0 bridgehead atoms. The van der Waals surface area contributed by atoms with Crippen LogP contribution in [-0.2, 0) is 0 Å². The Labute approximate surface area is 45.0 Å². The van der Waals surface area contributed by atoms with Crippen LogP contribution in [-0.4, -0.2) is 20.5 Å². The Balaban J connectivity index is 0. The van der Waals surface area contributed by atoms with E-state index in [2.05, 4.69) is 0 Å². The van der Waals surface area contributed by atoms with Gasteiger partial charge in [-0.25, -0.2) is 0 Å². The Morgan fingerprint density at radius 2 is 1.25 bits per heavy atom. The van der Waals surface area contributed by atoms with Crippen molar-refractivity contribution in [3.63, 3.8) is 0 Å². The van der Waals surface area contributed by atoms with Crippen molar-refractivity contribution in [2.75, 3.05) is 0 Å². The molecule has 0 nitrogen and oxygen atoms in total. The van der Waals surface area contributed by atoms with Crippen LogP contribution in [0.1, 0.15) is 7.43 Å². The number of hydrogen-bond acceptors (Lipinski definition) is 0. The predicted octanol–water partition coefficient (Wildman–Crippen LogP) is 1.37. The summed E-state index contributed by atoms with van der Waals surface area (Å²) in [6.07, 6.45) is 0. The molecule has 0 spiro atoms. The zero-order valence-electron chi connectivity index (χ0n) is 1.46. The van der Waals surface area contributed by atoms with Crippen molar-refractivity contribution in [2.45, 2.75) is 7.43 Å². The van der Waals surface area contributed by atoms with E-state index in [0.717, 1.165) is 0 Å². The van der Waals surface area contributed by atoms with E-state index in [9.17, 15) is 0 Å². The first-order chi connectivity index (χ1) is 1.41. The van der Waals surface area contributed by atoms with Crippen molar-refractivity contribution in [3.05, 3.63) is 0 Å². The number of hydrogen-bond donors (Lipinski definition) is 0. The molecule has 0 heterocycles. The molecule has 0 unspecified atom stereocenters. The molecule has 0 saturated heterocycles. The van der Waals surface area contributed by atoms with Crippen LogP contribution < -0.4 is 0 Å². The molecule has 0 amide bonds. The first-order valence-electron chi connectivity index (χ1n) is 0.535. The topological polar surface area (TPSA) is 0 Å². The van der Waals surface area contributed by atoms with Crippen molar-refractivity contribution >= 4 is 37.7 Å². The summed E-state index contributed by atoms with van der Waals surface area (Å²) in [5.41, 5.74) is 0. The van der Waals surface area contributed by atoms with Crippen LogP contribution in [0, 0.1) is 0 Å². The normalized spacial score (nSPS) is 3.50. The monoisotopic (exact) mass is 202 g/mol. The predicted molar refractivity (Wildman–Crippen MR) is 25.6 cm³/mol. The van der Waals surface area contributed by atoms with Gasteiger partial charge in [-0.15, -0.1) is 0 Å². The Bertz CT molecular complexity index is 6.00. The Morgan fingerprint density at radius 3 is 1.25 bits per heavy atom. The van der Waals surface area contributed by atoms with Crippen molar-refractivity contribution in [3.8, 4) is 0 Å². The summed E-state index contributed by atoms with van der Waals surface area (Å²) >= 11 is -1.07. The summed E-state index contributed by atoms with van der Waals surface area (Å²) in [5.74, 6) is 0. The van der Waals surface area contributed by atoms with Crippen LogP contribution in [0.3, 0.4) is 0 Å². The van der Waals surface area contributed by atoms with Gasteiger partial charge < -0.3 is 0 Å². The third-order valence-corrected chi connectivity index (χ3v) is 0. The molecule has 4 heavy (non-hydrogen) atoms. The van der Waals surface area contributed by atoms with Crippen LogP contribution in [0.5, 0.6) is 0 Å². The molecule has 0 saturated carbocycles. The molecule has 0 aliphatic heterocycles. The molecule has 0 aromatic carbocycles. The van der Waals surface area contributed by atoms with E-state index in [4.69, 9.17) is 17.2 Å². The second kappa shape index (κ2) is 8.82. The van der Waals surface area contributed by atoms with Gasteiger partial charge in [-0.1, -0.05) is 7.43 Å². The van der Waals surface area contributed by atoms with Crippen molar-refractivity contribution in [1.82, 2.24) is 0 Å². The van der Waals surface area contributed by atoms with E-state index in [0.29, 0.717) is 0 Å². The average Bonchev–Trinajstić information content (AvgIpc) is 0.918. The summed E-state index contributed by atoms with van der Waals surface area (Å²) in [4.78, 5) is 0. The van der Waals surface area contributed by atoms with Gasteiger partial charge in [0, 0.05) is 0 Å². The first kappa shape index (κ1) is 9.07. The molecular formula is CH5Cl2In. The van der Waals surface area contributed by atoms with E-state index in [-0.39, 0.29) is 7.43 Å². The van der Waals surface area contributed by atoms with Gasteiger partial charge in [0.2, 0.25) is 0 Å². The van der Waals surface area contributed by atoms with Crippen LogP contribution in [0.4, 0.5) is 0 Å². The molecule has 0 aromatic heterocycles. The third-order valence-electron chi connectivity index (χ3n) is 0. The SMILES string of the molecule is C.[Cl][InH][Cl]. The fourth-order valence-electron chi connectivity index (χ4n) is 0. The van der Waals surface area contributed by atoms with Gasteiger partial charge in [0.1, 0.15) is 0 Å². The standard InChI is InChI=1S/CH4.2ClH.In.H/h1H4;2*1H;;/q;;;+2;/p-2. The maximum atomic E-state index is 4.97. The first-order valence-corrected chi connectivity index (χ1v) is 10.8. The summed E-state index contributed by atoms with van der Waals surface area (Å²) in [6, 6.07) is 0. The van der Waals surface area contributed by atoms with Gasteiger partial charge in [0.05, 0.1) is 0 Å². The van der Waals surface area contributed by atoms with Crippen molar-refractivity contribution < 1.29 is 0 Å². The molecule has 0 aliphatic rings. The minimum atomic E-state index is -1.07. The maximum absolute atomic E-state index is 4.97. The molecule has 0 atom stereocenters. The van der Waals surface area contributed by atoms with Gasteiger partial charge in [0.15, 0.2) is 0 Å². The van der Waals surface area contributed by atoms with Gasteiger partial charge in [-0.05, 0) is 0 Å². The zero-order valence-corrected chi connectivity index (χ0v) is 7.01. The second-order valence-corrected chi connectivity index (χ2v) is 6.10. The van der Waals surface area contributed by atoms with Gasteiger partial charge in [-0.2, -0.15) is 0 Å². The average molecular weight is 203 g/mol. The second-order valence-electron chi connectivity index (χ2n) is 0.101. The number of halogens is 2. The quantitative estimate of drug-likeness (QED) is 0.557. The minimum absolute atomic E-state index is 0. The molecule has 3 heteroatoms. The summed E-state index contributed by atoms with van der Waals surface area (Å²) in [6.45, 7) is 0. The molecule has 0 aromatic rings. The van der Waals surface area contributed by atoms with E-state index in [1.165, 1.54) is 0 Å². The summed E-state index contributed by atoms with van der Waals surface area (Å²) < 4.78 is 0. The Kier molecular flexibility index (Phi) is 20.0. The molecule has 0 rings (SSSR count). The fourth-order valence-corrected chi connectivity index (χ4v) is 0. The van der Waals surface area contributed by atoms with Gasteiger partial charge >= 0.3 is 37.7 Å². The third kappa shape index (κ3) is 9.85. The van der Waals surface area contributed by atoms with Gasteiger partial charge in [0.25, 0.3) is 0 Å². The van der Waals surface area contributed by atoms with Crippen LogP contribution in [0.25, 0.3) is 0 Å². The Hall–Kier alpha value is 1.45. The molecular weight excluding hydrogens is 198 g/mol. The molecule has 0 aliphatic carbocycles. The van der Waals surface area contributed by atoms with E-state index >= 15 is 0 Å². The van der Waals surface area contributed by atoms with Crippen LogP contribution >= 0.6 is 17.2 Å². The number of rotatable bonds is 0. The molecule has 0 fully saturated rings. The zero-order chi connectivity index (χ0) is 2.71. The van der Waals surface area contributed by atoms with E-state index < -0.39 is 20.5 Å². The van der Waals surface area contributed by atoms with E-state index in [1.54, 1.807) is 0 Å². The Morgan fingerprint density at radius 1 is 1.25 bits per heavy atom.